The molecule has 1 atom stereocenters. The van der Waals surface area contributed by atoms with E-state index in [4.69, 9.17) is 4.98 Å². The van der Waals surface area contributed by atoms with Crippen molar-refractivity contribution >= 4 is 23.4 Å². The van der Waals surface area contributed by atoms with E-state index in [1.54, 1.807) is 29.4 Å². The number of anilines is 3. The first-order valence-electron chi connectivity index (χ1n) is 10.8. The number of hydrogen-bond acceptors (Lipinski definition) is 6. The van der Waals surface area contributed by atoms with E-state index in [-0.39, 0.29) is 23.8 Å². The average molecular weight is 438 g/mol. The molecule has 0 saturated heterocycles. The Balaban J connectivity index is 1.47. The number of benzene rings is 1. The van der Waals surface area contributed by atoms with E-state index in [0.29, 0.717) is 25.5 Å². The van der Waals surface area contributed by atoms with Crippen molar-refractivity contribution in [3.05, 3.63) is 59.8 Å². The van der Waals surface area contributed by atoms with Crippen molar-refractivity contribution in [3.63, 3.8) is 0 Å². The predicted molar refractivity (Wildman–Crippen MR) is 122 cm³/mol. The number of nitrogens with zero attached hydrogens (tertiary/aromatic N) is 6. The number of hydrogen-bond donors (Lipinski definition) is 1. The Morgan fingerprint density at radius 2 is 1.91 bits per heavy atom. The highest BCUT2D eigenvalue weighted by Gasteiger charge is 2.38. The van der Waals surface area contributed by atoms with Gasteiger partial charge in [-0.2, -0.15) is 10.1 Å². The van der Waals surface area contributed by atoms with Crippen molar-refractivity contribution in [1.29, 1.82) is 0 Å². The topological polar surface area (TPSA) is 79.2 Å². The fourth-order valence-electron chi connectivity index (χ4n) is 4.00. The van der Waals surface area contributed by atoms with Crippen LogP contribution in [0.5, 0.6) is 0 Å². The molecule has 9 heteroatoms. The van der Waals surface area contributed by atoms with E-state index >= 15 is 0 Å². The van der Waals surface area contributed by atoms with E-state index in [1.165, 1.54) is 12.1 Å². The Morgan fingerprint density at radius 3 is 2.59 bits per heavy atom. The van der Waals surface area contributed by atoms with E-state index < -0.39 is 0 Å². The quantitative estimate of drug-likeness (QED) is 0.610. The van der Waals surface area contributed by atoms with Crippen LogP contribution in [0.1, 0.15) is 38.3 Å². The van der Waals surface area contributed by atoms with Crippen LogP contribution in [-0.4, -0.2) is 44.8 Å². The van der Waals surface area contributed by atoms with Crippen molar-refractivity contribution in [2.45, 2.75) is 52.4 Å². The maximum absolute atomic E-state index is 13.1. The molecule has 1 aromatic carbocycles. The lowest BCUT2D eigenvalue weighted by molar-refractivity contribution is -0.120. The monoisotopic (exact) mass is 437 g/mol. The van der Waals surface area contributed by atoms with Crippen LogP contribution in [0.4, 0.5) is 21.8 Å². The van der Waals surface area contributed by atoms with Crippen molar-refractivity contribution in [1.82, 2.24) is 19.7 Å². The maximum atomic E-state index is 13.1. The summed E-state index contributed by atoms with van der Waals surface area (Å²) in [7, 11) is 1.90. The maximum Gasteiger partial charge on any atom is 0.250 e. The lowest BCUT2D eigenvalue weighted by Gasteiger charge is -2.41. The lowest BCUT2D eigenvalue weighted by Crippen LogP contribution is -2.54. The Kier molecular flexibility index (Phi) is 6.07. The van der Waals surface area contributed by atoms with Gasteiger partial charge in [-0.1, -0.05) is 19.1 Å². The molecule has 0 spiro atoms. The van der Waals surface area contributed by atoms with Crippen LogP contribution in [0.15, 0.2) is 42.9 Å². The summed E-state index contributed by atoms with van der Waals surface area (Å²) in [6.45, 7) is 7.07. The van der Waals surface area contributed by atoms with Gasteiger partial charge in [-0.05, 0) is 38.0 Å². The number of halogens is 1. The van der Waals surface area contributed by atoms with E-state index in [1.807, 2.05) is 43.6 Å². The summed E-state index contributed by atoms with van der Waals surface area (Å²) in [5.41, 5.74) is 2.69. The molecule has 1 aliphatic rings. The molecule has 3 aromatic rings. The van der Waals surface area contributed by atoms with Crippen LogP contribution < -0.4 is 15.1 Å². The molecule has 0 radical (unpaired) electrons. The molecular formula is C23H28FN7O. The zero-order chi connectivity index (χ0) is 22.8. The van der Waals surface area contributed by atoms with Gasteiger partial charge in [0.05, 0.1) is 18.9 Å². The van der Waals surface area contributed by atoms with Crippen LogP contribution in [0.25, 0.3) is 0 Å². The van der Waals surface area contributed by atoms with Gasteiger partial charge in [-0.25, -0.2) is 9.37 Å². The number of nitrogens with one attached hydrogen (secondary N) is 1. The summed E-state index contributed by atoms with van der Waals surface area (Å²) in [4.78, 5) is 25.8. The van der Waals surface area contributed by atoms with Gasteiger partial charge in [0.25, 0.3) is 0 Å². The molecule has 3 heterocycles. The van der Waals surface area contributed by atoms with Gasteiger partial charge in [-0.3, -0.25) is 9.48 Å². The number of fused-ring (bicyclic) bond motifs is 1. The van der Waals surface area contributed by atoms with Gasteiger partial charge < -0.3 is 15.1 Å². The van der Waals surface area contributed by atoms with E-state index in [2.05, 4.69) is 15.4 Å². The lowest BCUT2D eigenvalue weighted by atomic mass is 10.1. The predicted octanol–water partition coefficient (Wildman–Crippen LogP) is 3.44. The number of carbonyl (C=O) groups is 1. The van der Waals surface area contributed by atoms with Gasteiger partial charge in [-0.15, -0.1) is 0 Å². The highest BCUT2D eigenvalue weighted by Crippen LogP contribution is 2.35. The Morgan fingerprint density at radius 1 is 1.16 bits per heavy atom. The summed E-state index contributed by atoms with van der Waals surface area (Å²) >= 11 is 0. The number of amides is 1. The van der Waals surface area contributed by atoms with Gasteiger partial charge >= 0.3 is 0 Å². The fourth-order valence-corrected chi connectivity index (χ4v) is 4.00. The highest BCUT2D eigenvalue weighted by atomic mass is 19.1. The van der Waals surface area contributed by atoms with Crippen molar-refractivity contribution < 1.29 is 9.18 Å². The largest absolute Gasteiger partial charge is 0.350 e. The number of carbonyl (C=O) groups excluding carboxylic acids is 1. The third-order valence-electron chi connectivity index (χ3n) is 5.63. The third kappa shape index (κ3) is 4.28. The molecule has 168 valence electrons. The highest BCUT2D eigenvalue weighted by molar-refractivity contribution is 6.04. The molecule has 1 unspecified atom stereocenters. The molecule has 1 N–H and O–H groups in total. The Bertz CT molecular complexity index is 1100. The second-order valence-electron chi connectivity index (χ2n) is 8.27. The minimum Gasteiger partial charge on any atom is -0.350 e. The van der Waals surface area contributed by atoms with Gasteiger partial charge in [0.1, 0.15) is 17.5 Å². The molecule has 4 rings (SSSR count). The molecule has 0 fully saturated rings. The number of rotatable bonds is 7. The molecule has 0 aliphatic carbocycles. The first-order valence-corrected chi connectivity index (χ1v) is 10.8. The van der Waals surface area contributed by atoms with Crippen LogP contribution in [0.2, 0.25) is 0 Å². The van der Waals surface area contributed by atoms with E-state index in [0.717, 1.165) is 22.6 Å². The van der Waals surface area contributed by atoms with Crippen LogP contribution in [-0.2, 0) is 17.9 Å². The molecule has 1 amide bonds. The van der Waals surface area contributed by atoms with Crippen molar-refractivity contribution in [2.24, 2.45) is 0 Å². The van der Waals surface area contributed by atoms with Crippen LogP contribution >= 0.6 is 0 Å². The molecule has 32 heavy (non-hydrogen) atoms. The summed E-state index contributed by atoms with van der Waals surface area (Å²) < 4.78 is 14.9. The van der Waals surface area contributed by atoms with Crippen LogP contribution in [0, 0.1) is 5.82 Å². The zero-order valence-corrected chi connectivity index (χ0v) is 18.8. The number of likely N-dealkylation sites (N-methyl/N-ethyl adjacent to an activating group) is 1. The first kappa shape index (κ1) is 21.7. The third-order valence-corrected chi connectivity index (χ3v) is 5.63. The van der Waals surface area contributed by atoms with Gasteiger partial charge in [0.2, 0.25) is 11.9 Å². The molecule has 2 aromatic heterocycles. The van der Waals surface area contributed by atoms with Crippen LogP contribution in [0.3, 0.4) is 0 Å². The number of aromatic nitrogens is 4. The molecule has 0 bridgehead atoms. The summed E-state index contributed by atoms with van der Waals surface area (Å²) in [5, 5.41) is 7.63. The van der Waals surface area contributed by atoms with Gasteiger partial charge in [0, 0.05) is 31.4 Å². The fraction of sp³-hybridized carbons (Fsp3) is 0.391. The van der Waals surface area contributed by atoms with Crippen molar-refractivity contribution in [3.8, 4) is 0 Å². The average Bonchev–Trinajstić information content (AvgIpc) is 3.21. The second-order valence-corrected chi connectivity index (χ2v) is 8.27. The Hall–Kier alpha value is -3.49. The molecular weight excluding hydrogens is 409 g/mol. The molecule has 1 aliphatic heterocycles. The summed E-state index contributed by atoms with van der Waals surface area (Å²) in [6.07, 6.45) is 6.14. The zero-order valence-electron chi connectivity index (χ0n) is 18.8. The minimum atomic E-state index is -0.249. The minimum absolute atomic E-state index is 0.0263. The standard InChI is InChI=1S/C23H28FN7O/c1-5-19-22(32)31(15(2)3)20-12-26-23(28-21(20)29(19)4)25-10-17-11-27-30(14-17)13-16-6-8-18(24)9-7-16/h6-9,11-12,14-15,19H,5,10,13H2,1-4H3,(H,25,26,28). The SMILES string of the molecule is CCC1C(=O)N(C(C)C)c2cnc(NCc3cnn(Cc4ccc(F)cc4)c3)nc2N1C. The smallest absolute Gasteiger partial charge is 0.250 e. The normalized spacial score (nSPS) is 15.9. The van der Waals surface area contributed by atoms with Crippen molar-refractivity contribution in [2.75, 3.05) is 22.2 Å². The van der Waals surface area contributed by atoms with Gasteiger partial charge in [0.15, 0.2) is 5.82 Å². The Labute approximate surface area is 187 Å². The van der Waals surface area contributed by atoms with E-state index in [9.17, 15) is 9.18 Å². The first-order chi connectivity index (χ1) is 15.4. The second kappa shape index (κ2) is 8.94. The summed E-state index contributed by atoms with van der Waals surface area (Å²) in [6, 6.07) is 6.18. The molecule has 0 saturated carbocycles. The molecule has 8 nitrogen and oxygen atoms in total. The summed E-state index contributed by atoms with van der Waals surface area (Å²) in [5.74, 6) is 1.07.